The topological polar surface area (TPSA) is 40.5 Å². The van der Waals surface area contributed by atoms with Crippen molar-refractivity contribution in [3.8, 4) is 0 Å². The second-order valence-corrected chi connectivity index (χ2v) is 3.47. The molecule has 1 aliphatic carbocycles. The number of aliphatic carboxylic acids is 1. The van der Waals surface area contributed by atoms with Crippen LogP contribution in [0.5, 0.6) is 0 Å². The van der Waals surface area contributed by atoms with Gasteiger partial charge in [-0.25, -0.2) is 0 Å². The Morgan fingerprint density at radius 1 is 1.36 bits per heavy atom. The maximum absolute atomic E-state index is 10.7. The van der Waals surface area contributed by atoms with Crippen LogP contribution in [0, 0.1) is 0 Å². The number of nitrogens with zero attached hydrogens (tertiary/aromatic N) is 1. The van der Waals surface area contributed by atoms with Gasteiger partial charge in [-0.3, -0.25) is 9.69 Å². The van der Waals surface area contributed by atoms with Gasteiger partial charge in [-0.15, -0.1) is 0 Å². The molecule has 1 atom stereocenters. The lowest BCUT2D eigenvalue weighted by Gasteiger charge is -2.19. The molecule has 2 fully saturated rings. The van der Waals surface area contributed by atoms with Crippen molar-refractivity contribution in [3.05, 3.63) is 0 Å². The molecule has 0 aromatic rings. The summed E-state index contributed by atoms with van der Waals surface area (Å²) in [6.07, 6.45) is 4.34. The molecule has 0 radical (unpaired) electrons. The van der Waals surface area contributed by atoms with Gasteiger partial charge in [-0.1, -0.05) is 0 Å². The molecule has 0 aromatic carbocycles. The fourth-order valence-electron chi connectivity index (χ4n) is 1.90. The van der Waals surface area contributed by atoms with Crippen LogP contribution in [-0.4, -0.2) is 34.6 Å². The van der Waals surface area contributed by atoms with E-state index in [1.165, 1.54) is 12.8 Å². The van der Waals surface area contributed by atoms with E-state index < -0.39 is 5.97 Å². The zero-order valence-corrected chi connectivity index (χ0v) is 6.49. The van der Waals surface area contributed by atoms with E-state index in [-0.39, 0.29) is 6.04 Å². The van der Waals surface area contributed by atoms with Crippen LogP contribution in [0.2, 0.25) is 0 Å². The molecular weight excluding hydrogens is 142 g/mol. The summed E-state index contributed by atoms with van der Waals surface area (Å²) in [7, 11) is 0. The average molecular weight is 155 g/mol. The Kier molecular flexibility index (Phi) is 1.60. The van der Waals surface area contributed by atoms with Crippen molar-refractivity contribution in [2.24, 2.45) is 0 Å². The Balaban J connectivity index is 2.01. The number of hydrogen-bond acceptors (Lipinski definition) is 2. The number of rotatable bonds is 2. The van der Waals surface area contributed by atoms with Crippen molar-refractivity contribution in [1.82, 2.24) is 4.90 Å². The Morgan fingerprint density at radius 2 is 2.09 bits per heavy atom. The van der Waals surface area contributed by atoms with E-state index in [0.717, 1.165) is 19.4 Å². The normalized spacial score (nSPS) is 32.5. The summed E-state index contributed by atoms with van der Waals surface area (Å²) >= 11 is 0. The summed E-state index contributed by atoms with van der Waals surface area (Å²) in [6, 6.07) is 0.445. The highest BCUT2D eigenvalue weighted by Crippen LogP contribution is 2.33. The molecule has 1 N–H and O–H groups in total. The van der Waals surface area contributed by atoms with E-state index in [4.69, 9.17) is 5.11 Å². The Bertz CT molecular complexity index is 177. The molecular formula is C8H13NO2. The van der Waals surface area contributed by atoms with Crippen molar-refractivity contribution in [1.29, 1.82) is 0 Å². The number of hydrogen-bond donors (Lipinski definition) is 1. The van der Waals surface area contributed by atoms with Crippen LogP contribution in [0.25, 0.3) is 0 Å². The first-order valence-corrected chi connectivity index (χ1v) is 4.27. The van der Waals surface area contributed by atoms with E-state index >= 15 is 0 Å². The molecule has 1 heterocycles. The van der Waals surface area contributed by atoms with Crippen LogP contribution in [0.3, 0.4) is 0 Å². The summed E-state index contributed by atoms with van der Waals surface area (Å²) in [6.45, 7) is 1.00. The number of carbonyl (C=O) groups is 1. The highest BCUT2D eigenvalue weighted by atomic mass is 16.4. The lowest BCUT2D eigenvalue weighted by atomic mass is 10.2. The molecule has 2 aliphatic rings. The van der Waals surface area contributed by atoms with Crippen LogP contribution >= 0.6 is 0 Å². The third-order valence-corrected chi connectivity index (χ3v) is 2.60. The number of likely N-dealkylation sites (tertiary alicyclic amines) is 1. The molecule has 1 saturated carbocycles. The third kappa shape index (κ3) is 1.25. The van der Waals surface area contributed by atoms with Gasteiger partial charge in [0.1, 0.15) is 6.04 Å². The summed E-state index contributed by atoms with van der Waals surface area (Å²) in [5.41, 5.74) is 0. The van der Waals surface area contributed by atoms with Gasteiger partial charge in [0.2, 0.25) is 0 Å². The fourth-order valence-corrected chi connectivity index (χ4v) is 1.90. The van der Waals surface area contributed by atoms with Crippen molar-refractivity contribution in [2.45, 2.75) is 37.8 Å². The van der Waals surface area contributed by atoms with E-state index in [1.807, 2.05) is 0 Å². The largest absolute Gasteiger partial charge is 0.480 e. The Hall–Kier alpha value is -0.570. The van der Waals surface area contributed by atoms with Crippen molar-refractivity contribution in [2.75, 3.05) is 6.54 Å². The second-order valence-electron chi connectivity index (χ2n) is 3.47. The quantitative estimate of drug-likeness (QED) is 0.638. The zero-order valence-electron chi connectivity index (χ0n) is 6.49. The number of carboxylic acids is 1. The van der Waals surface area contributed by atoms with Crippen LogP contribution in [0.4, 0.5) is 0 Å². The summed E-state index contributed by atoms with van der Waals surface area (Å²) in [5.74, 6) is -0.630. The van der Waals surface area contributed by atoms with Gasteiger partial charge in [-0.05, 0) is 32.2 Å². The number of carboxylic acid groups (broad SMARTS) is 1. The zero-order chi connectivity index (χ0) is 7.84. The predicted octanol–water partition coefficient (Wildman–Crippen LogP) is 0.698. The average Bonchev–Trinajstić information content (AvgIpc) is 2.68. The minimum absolute atomic E-state index is 0.164. The molecule has 1 aliphatic heterocycles. The van der Waals surface area contributed by atoms with Crippen LogP contribution in [-0.2, 0) is 4.79 Å². The van der Waals surface area contributed by atoms with Gasteiger partial charge in [0.15, 0.2) is 0 Å². The lowest BCUT2D eigenvalue weighted by molar-refractivity contribution is -0.142. The third-order valence-electron chi connectivity index (χ3n) is 2.60. The van der Waals surface area contributed by atoms with Gasteiger partial charge >= 0.3 is 5.97 Å². The van der Waals surface area contributed by atoms with Crippen molar-refractivity contribution < 1.29 is 9.90 Å². The monoisotopic (exact) mass is 155 g/mol. The standard InChI is InChI=1S/C8H13NO2/c10-8(11)7-2-1-5-9(7)6-3-4-6/h6-7H,1-5H2,(H,10,11)/t7-/m1/s1. The molecule has 0 spiro atoms. The van der Waals surface area contributed by atoms with Gasteiger partial charge < -0.3 is 5.11 Å². The molecule has 3 heteroatoms. The molecule has 1 saturated heterocycles. The summed E-state index contributed by atoms with van der Waals surface area (Å²) in [5, 5.41) is 8.82. The maximum atomic E-state index is 10.7. The first kappa shape index (κ1) is 7.10. The minimum atomic E-state index is -0.630. The van der Waals surface area contributed by atoms with Gasteiger partial charge in [0, 0.05) is 6.04 Å². The van der Waals surface area contributed by atoms with E-state index in [9.17, 15) is 4.79 Å². The first-order valence-electron chi connectivity index (χ1n) is 4.27. The van der Waals surface area contributed by atoms with Crippen LogP contribution in [0.1, 0.15) is 25.7 Å². The van der Waals surface area contributed by atoms with Crippen LogP contribution in [0.15, 0.2) is 0 Å². The van der Waals surface area contributed by atoms with E-state index in [2.05, 4.69) is 4.90 Å². The molecule has 3 nitrogen and oxygen atoms in total. The summed E-state index contributed by atoms with van der Waals surface area (Å²) < 4.78 is 0. The predicted molar refractivity (Wildman–Crippen MR) is 40.4 cm³/mol. The van der Waals surface area contributed by atoms with E-state index in [1.54, 1.807) is 0 Å². The Morgan fingerprint density at radius 3 is 2.64 bits per heavy atom. The molecule has 62 valence electrons. The molecule has 0 amide bonds. The second kappa shape index (κ2) is 2.48. The minimum Gasteiger partial charge on any atom is -0.480 e. The smallest absolute Gasteiger partial charge is 0.320 e. The Labute approximate surface area is 66.0 Å². The van der Waals surface area contributed by atoms with Crippen molar-refractivity contribution >= 4 is 5.97 Å². The van der Waals surface area contributed by atoms with Crippen molar-refractivity contribution in [3.63, 3.8) is 0 Å². The summed E-state index contributed by atoms with van der Waals surface area (Å²) in [4.78, 5) is 12.9. The molecule has 0 aromatic heterocycles. The highest BCUT2D eigenvalue weighted by Gasteiger charge is 2.39. The van der Waals surface area contributed by atoms with Crippen LogP contribution < -0.4 is 0 Å². The van der Waals surface area contributed by atoms with Gasteiger partial charge in [-0.2, -0.15) is 0 Å². The highest BCUT2D eigenvalue weighted by molar-refractivity contribution is 5.73. The fraction of sp³-hybridized carbons (Fsp3) is 0.875. The van der Waals surface area contributed by atoms with E-state index in [0.29, 0.717) is 6.04 Å². The maximum Gasteiger partial charge on any atom is 0.320 e. The molecule has 0 bridgehead atoms. The van der Waals surface area contributed by atoms with Gasteiger partial charge in [0.05, 0.1) is 0 Å². The SMILES string of the molecule is O=C(O)[C@H]1CCCN1C1CC1. The molecule has 11 heavy (non-hydrogen) atoms. The lowest BCUT2D eigenvalue weighted by Crippen LogP contribution is -2.37. The molecule has 0 unspecified atom stereocenters. The molecule has 2 rings (SSSR count). The first-order chi connectivity index (χ1) is 5.29. The van der Waals surface area contributed by atoms with Gasteiger partial charge in [0.25, 0.3) is 0 Å².